The van der Waals surface area contributed by atoms with E-state index in [2.05, 4.69) is 25.8 Å². The predicted molar refractivity (Wildman–Crippen MR) is 137 cm³/mol. The van der Waals surface area contributed by atoms with Crippen LogP contribution in [0.3, 0.4) is 0 Å². The molecule has 0 aromatic heterocycles. The van der Waals surface area contributed by atoms with Crippen molar-refractivity contribution >= 4 is 23.4 Å². The maximum absolute atomic E-state index is 12.9. The van der Waals surface area contributed by atoms with Crippen LogP contribution in [0.15, 0.2) is 48.5 Å². The van der Waals surface area contributed by atoms with E-state index in [0.717, 1.165) is 63.3 Å². The van der Waals surface area contributed by atoms with Gasteiger partial charge in [-0.25, -0.2) is 0 Å². The third kappa shape index (κ3) is 6.83. The molecule has 3 N–H and O–H groups in total. The highest BCUT2D eigenvalue weighted by molar-refractivity contribution is 5.96. The van der Waals surface area contributed by atoms with E-state index in [1.165, 1.54) is 12.1 Å². The minimum Gasteiger partial charge on any atom is -0.371 e. The van der Waals surface area contributed by atoms with E-state index in [4.69, 9.17) is 0 Å². The van der Waals surface area contributed by atoms with Gasteiger partial charge in [0.1, 0.15) is 0 Å². The number of carbonyl (C=O) groups excluding carboxylic acids is 3. The van der Waals surface area contributed by atoms with E-state index in [-0.39, 0.29) is 30.0 Å². The van der Waals surface area contributed by atoms with Gasteiger partial charge in [0.05, 0.1) is 12.1 Å². The molecule has 0 spiro atoms. The maximum Gasteiger partial charge on any atom is 0.416 e. The lowest BCUT2D eigenvalue weighted by Crippen LogP contribution is -2.46. The number of amides is 3. The number of anilines is 1. The van der Waals surface area contributed by atoms with E-state index in [0.29, 0.717) is 11.6 Å². The van der Waals surface area contributed by atoms with E-state index in [1.54, 1.807) is 7.05 Å². The van der Waals surface area contributed by atoms with Crippen molar-refractivity contribution in [3.63, 3.8) is 0 Å². The molecule has 11 heteroatoms. The summed E-state index contributed by atoms with van der Waals surface area (Å²) in [5.74, 6) is -1.20. The number of hydrogen-bond acceptors (Lipinski definition) is 5. The first kappa shape index (κ1) is 27.4. The van der Waals surface area contributed by atoms with Gasteiger partial charge in [-0.15, -0.1) is 0 Å². The van der Waals surface area contributed by atoms with Gasteiger partial charge in [0.15, 0.2) is 0 Å². The first-order valence-corrected chi connectivity index (χ1v) is 12.7. The number of nitrogens with zero attached hydrogens (tertiary/aromatic N) is 2. The fourth-order valence-corrected chi connectivity index (χ4v) is 5.07. The van der Waals surface area contributed by atoms with E-state index in [1.807, 2.05) is 24.3 Å². The Morgan fingerprint density at radius 1 is 0.921 bits per heavy atom. The highest BCUT2D eigenvalue weighted by Crippen LogP contribution is 2.29. The molecule has 2 aromatic rings. The molecule has 8 nitrogen and oxygen atoms in total. The fraction of sp³-hybridized carbons (Fsp3) is 0.444. The molecule has 2 heterocycles. The van der Waals surface area contributed by atoms with Crippen LogP contribution in [0.5, 0.6) is 0 Å². The molecule has 2 aliphatic rings. The van der Waals surface area contributed by atoms with Crippen molar-refractivity contribution in [3.05, 3.63) is 65.2 Å². The summed E-state index contributed by atoms with van der Waals surface area (Å²) in [7, 11) is 1.61. The van der Waals surface area contributed by atoms with Crippen LogP contribution < -0.4 is 20.9 Å². The fourth-order valence-electron chi connectivity index (χ4n) is 5.07. The zero-order valence-corrected chi connectivity index (χ0v) is 21.2. The average Bonchev–Trinajstić information content (AvgIpc) is 3.39. The largest absolute Gasteiger partial charge is 0.416 e. The smallest absolute Gasteiger partial charge is 0.371 e. The second kappa shape index (κ2) is 11.8. The van der Waals surface area contributed by atoms with Crippen LogP contribution >= 0.6 is 0 Å². The third-order valence-corrected chi connectivity index (χ3v) is 7.15. The van der Waals surface area contributed by atoms with E-state index in [9.17, 15) is 27.6 Å². The number of benzene rings is 2. The van der Waals surface area contributed by atoms with Gasteiger partial charge in [-0.1, -0.05) is 6.07 Å². The minimum atomic E-state index is -4.54. The lowest BCUT2D eigenvalue weighted by Gasteiger charge is -2.38. The zero-order valence-electron chi connectivity index (χ0n) is 21.2. The summed E-state index contributed by atoms with van der Waals surface area (Å²) in [5.41, 5.74) is 0.667. The molecule has 0 bridgehead atoms. The second-order valence-electron chi connectivity index (χ2n) is 9.65. The highest BCUT2D eigenvalue weighted by atomic mass is 19.4. The molecular weight excluding hydrogens is 499 g/mol. The van der Waals surface area contributed by atoms with E-state index >= 15 is 0 Å². The van der Waals surface area contributed by atoms with Crippen molar-refractivity contribution in [2.24, 2.45) is 0 Å². The number of carbonyl (C=O) groups is 3. The minimum absolute atomic E-state index is 0.0387. The molecule has 0 radical (unpaired) electrons. The van der Waals surface area contributed by atoms with Gasteiger partial charge in [0, 0.05) is 62.1 Å². The van der Waals surface area contributed by atoms with Crippen molar-refractivity contribution < 1.29 is 27.6 Å². The van der Waals surface area contributed by atoms with Crippen LogP contribution in [-0.2, 0) is 11.0 Å². The summed E-state index contributed by atoms with van der Waals surface area (Å²) in [6.45, 7) is 3.09. The second-order valence-corrected chi connectivity index (χ2v) is 9.65. The summed E-state index contributed by atoms with van der Waals surface area (Å²) in [6, 6.07) is 12.1. The lowest BCUT2D eigenvalue weighted by atomic mass is 10.0. The summed E-state index contributed by atoms with van der Waals surface area (Å²) in [4.78, 5) is 41.0. The number of rotatable bonds is 7. The summed E-state index contributed by atoms with van der Waals surface area (Å²) >= 11 is 0. The van der Waals surface area contributed by atoms with Gasteiger partial charge in [0.2, 0.25) is 5.91 Å². The Balaban J connectivity index is 1.19. The number of hydrogen-bond donors (Lipinski definition) is 3. The first-order valence-electron chi connectivity index (χ1n) is 12.7. The van der Waals surface area contributed by atoms with Gasteiger partial charge in [-0.3, -0.25) is 19.3 Å². The molecule has 2 saturated heterocycles. The summed E-state index contributed by atoms with van der Waals surface area (Å²) in [6.07, 6.45) is -1.76. The third-order valence-electron chi connectivity index (χ3n) is 7.15. The van der Waals surface area contributed by atoms with Crippen molar-refractivity contribution in [3.8, 4) is 0 Å². The Bertz CT molecular complexity index is 1150. The molecular formula is C27H32F3N5O3. The Kier molecular flexibility index (Phi) is 8.55. The van der Waals surface area contributed by atoms with Crippen LogP contribution in [0, 0.1) is 0 Å². The number of halogens is 3. The Morgan fingerprint density at radius 3 is 2.29 bits per heavy atom. The number of piperidine rings is 1. The number of likely N-dealkylation sites (tertiary alicyclic amines) is 1. The predicted octanol–water partition coefficient (Wildman–Crippen LogP) is 2.65. The van der Waals surface area contributed by atoms with Crippen LogP contribution in [0.25, 0.3) is 0 Å². The summed E-state index contributed by atoms with van der Waals surface area (Å²) in [5, 5.41) is 7.95. The average molecular weight is 532 g/mol. The Morgan fingerprint density at radius 2 is 1.63 bits per heavy atom. The molecule has 2 aromatic carbocycles. The number of alkyl halides is 3. The standard InChI is InChI=1S/C27H32F3N5O3/c1-31-25(37)18-5-7-22(8-6-18)34-13-10-23(11-14-34)35-12-9-21(17-35)33-24(36)16-32-26(38)19-3-2-4-20(15-19)27(28,29)30/h2-8,15,21,23H,9-14,16-17H2,1H3,(H,31,37)(H,32,38)(H,33,36)/t21-/m1/s1. The molecule has 38 heavy (non-hydrogen) atoms. The first-order chi connectivity index (χ1) is 18.1. The molecule has 0 unspecified atom stereocenters. The molecule has 0 saturated carbocycles. The molecule has 2 aliphatic heterocycles. The van der Waals surface area contributed by atoms with E-state index < -0.39 is 17.6 Å². The summed E-state index contributed by atoms with van der Waals surface area (Å²) < 4.78 is 38.6. The van der Waals surface area contributed by atoms with Crippen LogP contribution in [0.1, 0.15) is 45.5 Å². The quantitative estimate of drug-likeness (QED) is 0.511. The van der Waals surface area contributed by atoms with Crippen LogP contribution in [0.2, 0.25) is 0 Å². The van der Waals surface area contributed by atoms with Crippen LogP contribution in [0.4, 0.5) is 18.9 Å². The van der Waals surface area contributed by atoms with Crippen molar-refractivity contribution in [1.29, 1.82) is 0 Å². The Labute approximate surface area is 219 Å². The van der Waals surface area contributed by atoms with Gasteiger partial charge in [0.25, 0.3) is 11.8 Å². The SMILES string of the molecule is CNC(=O)c1ccc(N2CCC(N3CC[C@@H](NC(=O)CNC(=O)c4cccc(C(F)(F)F)c4)C3)CC2)cc1. The normalized spacial score (nSPS) is 18.7. The Hall–Kier alpha value is -3.60. The molecule has 4 rings (SSSR count). The van der Waals surface area contributed by atoms with Crippen molar-refractivity contribution in [1.82, 2.24) is 20.9 Å². The molecule has 204 valence electrons. The monoisotopic (exact) mass is 531 g/mol. The zero-order chi connectivity index (χ0) is 27.3. The molecule has 1 atom stereocenters. The maximum atomic E-state index is 12.9. The van der Waals surface area contributed by atoms with Crippen LogP contribution in [-0.4, -0.2) is 74.5 Å². The van der Waals surface area contributed by atoms with Crippen molar-refractivity contribution in [2.75, 3.05) is 44.7 Å². The topological polar surface area (TPSA) is 93.8 Å². The van der Waals surface area contributed by atoms with Gasteiger partial charge in [-0.2, -0.15) is 13.2 Å². The number of nitrogens with one attached hydrogen (secondary N) is 3. The highest BCUT2D eigenvalue weighted by Gasteiger charge is 2.32. The molecule has 3 amide bonds. The molecule has 2 fully saturated rings. The van der Waals surface area contributed by atoms with Gasteiger partial charge < -0.3 is 20.9 Å². The van der Waals surface area contributed by atoms with Crippen molar-refractivity contribution in [2.45, 2.75) is 37.5 Å². The molecule has 0 aliphatic carbocycles. The van der Waals surface area contributed by atoms with Gasteiger partial charge in [-0.05, 0) is 61.7 Å². The lowest BCUT2D eigenvalue weighted by molar-refractivity contribution is -0.137. The van der Waals surface area contributed by atoms with Gasteiger partial charge >= 0.3 is 6.18 Å².